The van der Waals surface area contributed by atoms with Crippen LogP contribution in [-0.4, -0.2) is 76.1 Å². The zero-order chi connectivity index (χ0) is 21.0. The van der Waals surface area contributed by atoms with E-state index >= 15 is 0 Å². The van der Waals surface area contributed by atoms with E-state index in [1.165, 1.54) is 37.8 Å². The van der Waals surface area contributed by atoms with Crippen LogP contribution in [0.25, 0.3) is 0 Å². The van der Waals surface area contributed by atoms with Gasteiger partial charge in [0.2, 0.25) is 15.9 Å². The van der Waals surface area contributed by atoms with Crippen molar-refractivity contribution in [1.82, 2.24) is 14.5 Å². The lowest BCUT2D eigenvalue weighted by Crippen LogP contribution is -2.51. The Hall–Kier alpha value is -1.84. The summed E-state index contributed by atoms with van der Waals surface area (Å²) >= 11 is 0. The predicted octanol–water partition coefficient (Wildman–Crippen LogP) is 1.60. The molecule has 9 heteroatoms. The number of piperazine rings is 1. The van der Waals surface area contributed by atoms with Crippen LogP contribution in [0.15, 0.2) is 23.1 Å². The van der Waals surface area contributed by atoms with Gasteiger partial charge in [-0.3, -0.25) is 9.69 Å². The summed E-state index contributed by atoms with van der Waals surface area (Å²) < 4.78 is 38.9. The quantitative estimate of drug-likeness (QED) is 0.727. The smallest absolute Gasteiger partial charge is 0.240 e. The van der Waals surface area contributed by atoms with Crippen molar-refractivity contribution < 1.29 is 22.7 Å². The molecule has 2 fully saturated rings. The van der Waals surface area contributed by atoms with Gasteiger partial charge in [0, 0.05) is 57.7 Å². The molecule has 8 nitrogen and oxygen atoms in total. The van der Waals surface area contributed by atoms with E-state index < -0.39 is 10.0 Å². The SMILES string of the molecule is O=C(CCNS(=O)(=O)c1ccc2c(c1)OCCCO2)N1CCN(C2CCCC2)CC1. The summed E-state index contributed by atoms with van der Waals surface area (Å²) in [5.74, 6) is 0.993. The molecule has 0 bridgehead atoms. The standard InChI is InChI=1S/C21H31N3O5S/c25-21(24-12-10-23(11-13-24)17-4-1-2-5-17)8-9-22-30(26,27)18-6-7-19-20(16-18)29-15-3-14-28-19/h6-7,16-17,22H,1-5,8-15H2. The Morgan fingerprint density at radius 2 is 1.70 bits per heavy atom. The van der Waals surface area contributed by atoms with Crippen molar-refractivity contribution in [3.63, 3.8) is 0 Å². The highest BCUT2D eigenvalue weighted by atomic mass is 32.2. The Morgan fingerprint density at radius 1 is 1.00 bits per heavy atom. The lowest BCUT2D eigenvalue weighted by molar-refractivity contribution is -0.133. The van der Waals surface area contributed by atoms with Gasteiger partial charge in [-0.05, 0) is 25.0 Å². The van der Waals surface area contributed by atoms with E-state index in [0.29, 0.717) is 30.8 Å². The van der Waals surface area contributed by atoms with E-state index in [2.05, 4.69) is 9.62 Å². The second-order valence-corrected chi connectivity index (χ2v) is 9.93. The van der Waals surface area contributed by atoms with Crippen LogP contribution in [0.5, 0.6) is 11.5 Å². The second-order valence-electron chi connectivity index (χ2n) is 8.16. The molecule has 0 spiro atoms. The van der Waals surface area contributed by atoms with E-state index in [-0.39, 0.29) is 23.8 Å². The highest BCUT2D eigenvalue weighted by molar-refractivity contribution is 7.89. The Labute approximate surface area is 178 Å². The van der Waals surface area contributed by atoms with Crippen molar-refractivity contribution in [3.05, 3.63) is 18.2 Å². The van der Waals surface area contributed by atoms with Gasteiger partial charge in [-0.2, -0.15) is 0 Å². The fraction of sp³-hybridized carbons (Fsp3) is 0.667. The maximum atomic E-state index is 12.6. The van der Waals surface area contributed by atoms with Gasteiger partial charge >= 0.3 is 0 Å². The molecule has 1 N–H and O–H groups in total. The van der Waals surface area contributed by atoms with Crippen LogP contribution in [0.3, 0.4) is 0 Å². The predicted molar refractivity (Wildman–Crippen MR) is 112 cm³/mol. The van der Waals surface area contributed by atoms with E-state index in [1.807, 2.05) is 4.90 Å². The number of ether oxygens (including phenoxy) is 2. The second kappa shape index (κ2) is 9.53. The number of hydrogen-bond acceptors (Lipinski definition) is 6. The molecule has 30 heavy (non-hydrogen) atoms. The molecule has 1 aliphatic carbocycles. The first-order chi connectivity index (χ1) is 14.5. The van der Waals surface area contributed by atoms with E-state index in [0.717, 1.165) is 32.6 Å². The largest absolute Gasteiger partial charge is 0.490 e. The minimum atomic E-state index is -3.72. The number of rotatable bonds is 6. The van der Waals surface area contributed by atoms with E-state index in [4.69, 9.17) is 9.47 Å². The molecule has 1 saturated heterocycles. The van der Waals surface area contributed by atoms with Crippen LogP contribution >= 0.6 is 0 Å². The van der Waals surface area contributed by atoms with Gasteiger partial charge in [-0.15, -0.1) is 0 Å². The summed E-state index contributed by atoms with van der Waals surface area (Å²) in [7, 11) is -3.72. The Bertz CT molecular complexity index is 846. The third-order valence-corrected chi connectivity index (χ3v) is 7.63. The van der Waals surface area contributed by atoms with Crippen molar-refractivity contribution in [2.75, 3.05) is 45.9 Å². The summed E-state index contributed by atoms with van der Waals surface area (Å²) in [6, 6.07) is 5.28. The lowest BCUT2D eigenvalue weighted by atomic mass is 10.1. The maximum absolute atomic E-state index is 12.6. The maximum Gasteiger partial charge on any atom is 0.240 e. The molecule has 4 rings (SSSR count). The van der Waals surface area contributed by atoms with Crippen LogP contribution < -0.4 is 14.2 Å². The van der Waals surface area contributed by atoms with Crippen LogP contribution in [0.1, 0.15) is 38.5 Å². The van der Waals surface area contributed by atoms with Crippen molar-refractivity contribution >= 4 is 15.9 Å². The van der Waals surface area contributed by atoms with E-state index in [9.17, 15) is 13.2 Å². The molecule has 1 aromatic rings. The van der Waals surface area contributed by atoms with Crippen molar-refractivity contribution in [1.29, 1.82) is 0 Å². The Morgan fingerprint density at radius 3 is 2.43 bits per heavy atom. The average molecular weight is 438 g/mol. The molecule has 1 amide bonds. The first kappa shape index (κ1) is 21.4. The Balaban J connectivity index is 1.25. The monoisotopic (exact) mass is 437 g/mol. The van der Waals surface area contributed by atoms with Gasteiger partial charge in [-0.1, -0.05) is 12.8 Å². The van der Waals surface area contributed by atoms with Gasteiger partial charge in [0.05, 0.1) is 18.1 Å². The van der Waals surface area contributed by atoms with Crippen LogP contribution in [0.2, 0.25) is 0 Å². The van der Waals surface area contributed by atoms with Crippen LogP contribution in [0.4, 0.5) is 0 Å². The number of nitrogens with one attached hydrogen (secondary N) is 1. The number of fused-ring (bicyclic) bond motifs is 1. The molecule has 1 saturated carbocycles. The van der Waals surface area contributed by atoms with Gasteiger partial charge in [0.25, 0.3) is 0 Å². The molecule has 0 atom stereocenters. The molecule has 2 aliphatic heterocycles. The molecular formula is C21H31N3O5S. The normalized spacial score (nSPS) is 20.9. The lowest BCUT2D eigenvalue weighted by Gasteiger charge is -2.38. The van der Waals surface area contributed by atoms with Crippen molar-refractivity contribution in [2.24, 2.45) is 0 Å². The van der Waals surface area contributed by atoms with Crippen LogP contribution in [-0.2, 0) is 14.8 Å². The van der Waals surface area contributed by atoms with Gasteiger partial charge in [0.1, 0.15) is 0 Å². The van der Waals surface area contributed by atoms with Gasteiger partial charge in [0.15, 0.2) is 11.5 Å². The van der Waals surface area contributed by atoms with Gasteiger partial charge in [-0.25, -0.2) is 13.1 Å². The average Bonchev–Trinajstić information content (AvgIpc) is 3.19. The molecule has 0 unspecified atom stereocenters. The number of carbonyl (C=O) groups excluding carboxylic acids is 1. The van der Waals surface area contributed by atoms with Crippen molar-refractivity contribution in [2.45, 2.75) is 49.5 Å². The number of sulfonamides is 1. The van der Waals surface area contributed by atoms with Gasteiger partial charge < -0.3 is 14.4 Å². The summed E-state index contributed by atoms with van der Waals surface area (Å²) in [4.78, 5) is 17.0. The summed E-state index contributed by atoms with van der Waals surface area (Å²) in [5.41, 5.74) is 0. The summed E-state index contributed by atoms with van der Waals surface area (Å²) in [6.07, 6.45) is 6.09. The number of benzene rings is 1. The topological polar surface area (TPSA) is 88.2 Å². The molecule has 0 aromatic heterocycles. The molecule has 1 aromatic carbocycles. The highest BCUT2D eigenvalue weighted by Crippen LogP contribution is 2.31. The number of hydrogen-bond donors (Lipinski definition) is 1. The zero-order valence-corrected chi connectivity index (χ0v) is 18.2. The first-order valence-electron chi connectivity index (χ1n) is 10.9. The minimum absolute atomic E-state index is 0.00225. The molecular weight excluding hydrogens is 406 g/mol. The third kappa shape index (κ3) is 5.07. The molecule has 166 valence electrons. The van der Waals surface area contributed by atoms with Crippen LogP contribution in [0, 0.1) is 0 Å². The minimum Gasteiger partial charge on any atom is -0.490 e. The highest BCUT2D eigenvalue weighted by Gasteiger charge is 2.28. The third-order valence-electron chi connectivity index (χ3n) is 6.17. The Kier molecular flexibility index (Phi) is 6.80. The summed E-state index contributed by atoms with van der Waals surface area (Å²) in [6.45, 7) is 4.41. The number of amides is 1. The number of nitrogens with zero attached hydrogens (tertiary/aromatic N) is 2. The molecule has 0 radical (unpaired) electrons. The molecule has 3 aliphatic rings. The zero-order valence-electron chi connectivity index (χ0n) is 17.3. The fourth-order valence-electron chi connectivity index (χ4n) is 4.45. The first-order valence-corrected chi connectivity index (χ1v) is 12.4. The van der Waals surface area contributed by atoms with Crippen molar-refractivity contribution in [3.8, 4) is 11.5 Å². The summed E-state index contributed by atoms with van der Waals surface area (Å²) in [5, 5.41) is 0. The number of carbonyl (C=O) groups is 1. The molecule has 2 heterocycles. The fourth-order valence-corrected chi connectivity index (χ4v) is 5.50. The van der Waals surface area contributed by atoms with E-state index in [1.54, 1.807) is 6.07 Å².